The molecule has 0 amide bonds. The molecule has 3 aromatic rings. The molecule has 1 unspecified atom stereocenters. The monoisotopic (exact) mass is 466 g/mol. The van der Waals surface area contributed by atoms with Gasteiger partial charge in [0.1, 0.15) is 0 Å². The van der Waals surface area contributed by atoms with Gasteiger partial charge < -0.3 is 15.4 Å². The largest absolute Gasteiger partial charge is 0.375 e. The third-order valence-corrected chi connectivity index (χ3v) is 3.93. The number of halogens is 1. The zero-order valence-corrected chi connectivity index (χ0v) is 17.1. The molecule has 0 saturated heterocycles. The number of hydrogen-bond donors (Lipinski definition) is 2. The predicted octanol–water partition coefficient (Wildman–Crippen LogP) is 2.40. The van der Waals surface area contributed by atoms with E-state index >= 15 is 0 Å². The van der Waals surface area contributed by atoms with Crippen LogP contribution in [0, 0.1) is 0 Å². The van der Waals surface area contributed by atoms with Gasteiger partial charge in [0.15, 0.2) is 17.4 Å². The molecule has 0 aliphatic rings. The molecule has 138 valence electrons. The van der Waals surface area contributed by atoms with Gasteiger partial charge in [-0.1, -0.05) is 36.4 Å². The van der Waals surface area contributed by atoms with E-state index in [-0.39, 0.29) is 30.1 Å². The Bertz CT molecular complexity index is 836. The molecule has 3 rings (SSSR count). The van der Waals surface area contributed by atoms with Crippen molar-refractivity contribution in [2.75, 3.05) is 20.7 Å². The van der Waals surface area contributed by atoms with E-state index in [0.717, 1.165) is 17.0 Å². The second kappa shape index (κ2) is 10.1. The Morgan fingerprint density at radius 2 is 1.88 bits per heavy atom. The second-order valence-corrected chi connectivity index (χ2v) is 5.49. The minimum absolute atomic E-state index is 0. The van der Waals surface area contributed by atoms with Crippen LogP contribution in [0.1, 0.15) is 17.5 Å². The fourth-order valence-corrected chi connectivity index (χ4v) is 2.59. The Hall–Kier alpha value is -2.20. The van der Waals surface area contributed by atoms with Gasteiger partial charge in [-0.3, -0.25) is 9.39 Å². The summed E-state index contributed by atoms with van der Waals surface area (Å²) in [4.78, 5) is 4.25. The summed E-state index contributed by atoms with van der Waals surface area (Å²) in [5.41, 5.74) is 1.95. The van der Waals surface area contributed by atoms with Crippen molar-refractivity contribution in [2.24, 2.45) is 4.99 Å². The molecule has 7 nitrogen and oxygen atoms in total. The van der Waals surface area contributed by atoms with Crippen molar-refractivity contribution >= 4 is 35.6 Å². The van der Waals surface area contributed by atoms with Gasteiger partial charge in [-0.25, -0.2) is 0 Å². The summed E-state index contributed by atoms with van der Waals surface area (Å²) in [6, 6.07) is 15.9. The van der Waals surface area contributed by atoms with E-state index in [0.29, 0.717) is 19.0 Å². The maximum atomic E-state index is 5.57. The summed E-state index contributed by atoms with van der Waals surface area (Å²) >= 11 is 0. The third-order valence-electron chi connectivity index (χ3n) is 3.93. The highest BCUT2D eigenvalue weighted by Gasteiger charge is 2.11. The van der Waals surface area contributed by atoms with Crippen LogP contribution in [-0.4, -0.2) is 41.3 Å². The number of hydrogen-bond acceptors (Lipinski definition) is 4. The van der Waals surface area contributed by atoms with Gasteiger partial charge >= 0.3 is 0 Å². The quantitative estimate of drug-likeness (QED) is 0.332. The number of fused-ring (bicyclic) bond motifs is 1. The van der Waals surface area contributed by atoms with Gasteiger partial charge in [-0.05, 0) is 17.7 Å². The van der Waals surface area contributed by atoms with Crippen LogP contribution in [0.25, 0.3) is 5.65 Å². The summed E-state index contributed by atoms with van der Waals surface area (Å²) in [5, 5.41) is 14.9. The Morgan fingerprint density at radius 1 is 1.12 bits per heavy atom. The first-order chi connectivity index (χ1) is 12.3. The van der Waals surface area contributed by atoms with Gasteiger partial charge in [0, 0.05) is 26.9 Å². The Balaban J connectivity index is 0.00000243. The maximum Gasteiger partial charge on any atom is 0.191 e. The number of pyridine rings is 1. The summed E-state index contributed by atoms with van der Waals surface area (Å²) < 4.78 is 7.51. The lowest BCUT2D eigenvalue weighted by Gasteiger charge is -2.18. The normalized spacial score (nSPS) is 12.5. The fraction of sp³-hybridized carbons (Fsp3) is 0.278. The standard InChI is InChI=1S/C18H22N6O.HI/c1-19-18(20-12-15(25-2)14-8-4-3-5-9-14)21-13-17-23-22-16-10-6-7-11-24(16)17;/h3-11,15H,12-13H2,1-2H3,(H2,19,20,21);1H. The molecule has 0 spiro atoms. The molecule has 1 atom stereocenters. The molecule has 1 aromatic carbocycles. The van der Waals surface area contributed by atoms with Crippen LogP contribution in [0.3, 0.4) is 0 Å². The maximum absolute atomic E-state index is 5.57. The number of methoxy groups -OCH3 is 1. The van der Waals surface area contributed by atoms with E-state index in [9.17, 15) is 0 Å². The lowest BCUT2D eigenvalue weighted by atomic mass is 10.1. The highest BCUT2D eigenvalue weighted by molar-refractivity contribution is 14.0. The van der Waals surface area contributed by atoms with Crippen molar-refractivity contribution in [1.82, 2.24) is 25.2 Å². The van der Waals surface area contributed by atoms with Gasteiger partial charge in [0.2, 0.25) is 0 Å². The van der Waals surface area contributed by atoms with Crippen molar-refractivity contribution < 1.29 is 4.74 Å². The molecule has 0 saturated carbocycles. The number of ether oxygens (including phenoxy) is 1. The lowest BCUT2D eigenvalue weighted by molar-refractivity contribution is 0.106. The van der Waals surface area contributed by atoms with E-state index in [1.165, 1.54) is 0 Å². The van der Waals surface area contributed by atoms with Gasteiger partial charge in [0.25, 0.3) is 0 Å². The number of rotatable bonds is 6. The van der Waals surface area contributed by atoms with Crippen LogP contribution in [0.2, 0.25) is 0 Å². The number of benzene rings is 1. The molecule has 2 N–H and O–H groups in total. The number of guanidine groups is 1. The van der Waals surface area contributed by atoms with Gasteiger partial charge in [-0.15, -0.1) is 34.2 Å². The minimum atomic E-state index is -0.0475. The van der Waals surface area contributed by atoms with Crippen LogP contribution >= 0.6 is 24.0 Å². The first-order valence-electron chi connectivity index (χ1n) is 8.12. The second-order valence-electron chi connectivity index (χ2n) is 5.49. The zero-order chi connectivity index (χ0) is 17.5. The van der Waals surface area contributed by atoms with Crippen LogP contribution in [0.5, 0.6) is 0 Å². The molecule has 26 heavy (non-hydrogen) atoms. The van der Waals surface area contributed by atoms with Crippen molar-refractivity contribution in [2.45, 2.75) is 12.6 Å². The van der Waals surface area contributed by atoms with E-state index in [1.54, 1.807) is 14.2 Å². The summed E-state index contributed by atoms with van der Waals surface area (Å²) in [7, 11) is 3.44. The predicted molar refractivity (Wildman–Crippen MR) is 113 cm³/mol. The van der Waals surface area contributed by atoms with Crippen LogP contribution < -0.4 is 10.6 Å². The van der Waals surface area contributed by atoms with Crippen LogP contribution in [0.15, 0.2) is 59.7 Å². The molecule has 2 heterocycles. The summed E-state index contributed by atoms with van der Waals surface area (Å²) in [6.07, 6.45) is 1.90. The molecular weight excluding hydrogens is 443 g/mol. The Labute approximate surface area is 169 Å². The van der Waals surface area contributed by atoms with Crippen molar-refractivity contribution in [3.8, 4) is 0 Å². The Kier molecular flexibility index (Phi) is 7.79. The topological polar surface area (TPSA) is 75.8 Å². The van der Waals surface area contributed by atoms with Gasteiger partial charge in [-0.2, -0.15) is 0 Å². The molecule has 8 heteroatoms. The average Bonchev–Trinajstić information content (AvgIpc) is 3.09. The van der Waals surface area contributed by atoms with Crippen LogP contribution in [0.4, 0.5) is 0 Å². The third kappa shape index (κ3) is 4.92. The number of aromatic nitrogens is 3. The van der Waals surface area contributed by atoms with E-state index in [1.807, 2.05) is 59.1 Å². The fourth-order valence-electron chi connectivity index (χ4n) is 2.59. The van der Waals surface area contributed by atoms with Crippen molar-refractivity contribution in [1.29, 1.82) is 0 Å². The van der Waals surface area contributed by atoms with E-state index < -0.39 is 0 Å². The minimum Gasteiger partial charge on any atom is -0.375 e. The molecular formula is C18H23IN6O. The summed E-state index contributed by atoms with van der Waals surface area (Å²) in [5.74, 6) is 1.51. The van der Waals surface area contributed by atoms with E-state index in [4.69, 9.17) is 4.74 Å². The first kappa shape index (κ1) is 20.1. The molecule has 0 radical (unpaired) electrons. The highest BCUT2D eigenvalue weighted by atomic mass is 127. The van der Waals surface area contributed by atoms with Crippen LogP contribution in [-0.2, 0) is 11.3 Å². The van der Waals surface area contributed by atoms with Crippen molar-refractivity contribution in [3.63, 3.8) is 0 Å². The molecule has 0 aliphatic carbocycles. The highest BCUT2D eigenvalue weighted by Crippen LogP contribution is 2.14. The first-order valence-corrected chi connectivity index (χ1v) is 8.12. The average molecular weight is 466 g/mol. The number of nitrogens with one attached hydrogen (secondary N) is 2. The Morgan fingerprint density at radius 3 is 2.62 bits per heavy atom. The van der Waals surface area contributed by atoms with Crippen molar-refractivity contribution in [3.05, 3.63) is 66.1 Å². The van der Waals surface area contributed by atoms with Gasteiger partial charge in [0.05, 0.1) is 12.6 Å². The molecule has 2 aromatic heterocycles. The molecule has 0 fully saturated rings. The molecule has 0 aliphatic heterocycles. The summed E-state index contributed by atoms with van der Waals surface area (Å²) in [6.45, 7) is 1.13. The SMILES string of the molecule is CN=C(NCc1nnc2ccccn12)NCC(OC)c1ccccc1.I. The lowest BCUT2D eigenvalue weighted by Crippen LogP contribution is -2.39. The molecule has 0 bridgehead atoms. The number of nitrogens with zero attached hydrogens (tertiary/aromatic N) is 4. The smallest absolute Gasteiger partial charge is 0.191 e. The van der Waals surface area contributed by atoms with E-state index in [2.05, 4.69) is 25.8 Å². The number of aliphatic imine (C=N–C) groups is 1. The zero-order valence-electron chi connectivity index (χ0n) is 14.8.